The van der Waals surface area contributed by atoms with Crippen LogP contribution in [0, 0.1) is 12.3 Å². The van der Waals surface area contributed by atoms with Crippen LogP contribution in [0.2, 0.25) is 0 Å². The zero-order valence-corrected chi connectivity index (χ0v) is 9.16. The lowest BCUT2D eigenvalue weighted by Gasteiger charge is -2.30. The van der Waals surface area contributed by atoms with E-state index < -0.39 is 0 Å². The van der Waals surface area contributed by atoms with E-state index in [1.165, 1.54) is 38.5 Å². The van der Waals surface area contributed by atoms with Gasteiger partial charge in [-0.3, -0.25) is 0 Å². The van der Waals surface area contributed by atoms with Crippen molar-refractivity contribution < 1.29 is 0 Å². The van der Waals surface area contributed by atoms with E-state index in [2.05, 4.69) is 27.7 Å². The fourth-order valence-corrected chi connectivity index (χ4v) is 1.96. The number of rotatable bonds is 7. The van der Waals surface area contributed by atoms with Gasteiger partial charge in [-0.2, -0.15) is 0 Å². The highest BCUT2D eigenvalue weighted by molar-refractivity contribution is 4.74. The van der Waals surface area contributed by atoms with Crippen molar-refractivity contribution in [1.82, 2.24) is 0 Å². The van der Waals surface area contributed by atoms with Crippen LogP contribution in [-0.2, 0) is 0 Å². The van der Waals surface area contributed by atoms with Gasteiger partial charge in [0.1, 0.15) is 0 Å². The Bertz CT molecular complexity index is 81.9. The van der Waals surface area contributed by atoms with E-state index >= 15 is 0 Å². The topological polar surface area (TPSA) is 0 Å². The third-order valence-corrected chi connectivity index (χ3v) is 3.46. The second kappa shape index (κ2) is 6.51. The zero-order chi connectivity index (χ0) is 9.45. The summed E-state index contributed by atoms with van der Waals surface area (Å²) in [5.41, 5.74) is 0.648. The van der Waals surface area contributed by atoms with Gasteiger partial charge < -0.3 is 0 Å². The van der Waals surface area contributed by atoms with E-state index in [9.17, 15) is 0 Å². The molecule has 0 spiro atoms. The summed E-state index contributed by atoms with van der Waals surface area (Å²) >= 11 is 0. The smallest absolute Gasteiger partial charge is 0.0305 e. The zero-order valence-electron chi connectivity index (χ0n) is 9.16. The minimum absolute atomic E-state index is 0.648. The quantitative estimate of drug-likeness (QED) is 0.489. The van der Waals surface area contributed by atoms with E-state index in [1.54, 1.807) is 0 Å². The molecule has 0 aliphatic carbocycles. The molecule has 0 aromatic carbocycles. The molecule has 0 nitrogen and oxygen atoms in total. The second-order valence-corrected chi connectivity index (χ2v) is 3.87. The molecule has 12 heavy (non-hydrogen) atoms. The predicted molar refractivity (Wildman–Crippen MR) is 57.1 cm³/mol. The first kappa shape index (κ1) is 12.0. The van der Waals surface area contributed by atoms with Gasteiger partial charge in [0.2, 0.25) is 0 Å². The molecule has 0 bridgehead atoms. The fraction of sp³-hybridized carbons (Fsp3) is 0.917. The van der Waals surface area contributed by atoms with E-state index in [1.807, 2.05) is 0 Å². The average Bonchev–Trinajstić information content (AvgIpc) is 2.14. The highest BCUT2D eigenvalue weighted by Gasteiger charge is 2.22. The van der Waals surface area contributed by atoms with Crippen molar-refractivity contribution in [3.05, 3.63) is 6.92 Å². The Kier molecular flexibility index (Phi) is 6.51. The van der Waals surface area contributed by atoms with Crippen LogP contribution < -0.4 is 0 Å². The summed E-state index contributed by atoms with van der Waals surface area (Å²) in [5.74, 6) is 0. The van der Waals surface area contributed by atoms with Gasteiger partial charge >= 0.3 is 0 Å². The number of hydrogen-bond acceptors (Lipinski definition) is 0. The number of unbranched alkanes of at least 4 members (excludes halogenated alkanes) is 2. The van der Waals surface area contributed by atoms with Crippen molar-refractivity contribution in [2.24, 2.45) is 5.41 Å². The van der Waals surface area contributed by atoms with Crippen LogP contribution in [0.5, 0.6) is 0 Å². The molecule has 1 radical (unpaired) electrons. The summed E-state index contributed by atoms with van der Waals surface area (Å²) in [4.78, 5) is 0. The summed E-state index contributed by atoms with van der Waals surface area (Å²) in [7, 11) is 0. The molecule has 0 atom stereocenters. The molecular formula is C12H25. The highest BCUT2D eigenvalue weighted by Crippen LogP contribution is 2.35. The first-order valence-electron chi connectivity index (χ1n) is 5.54. The first-order chi connectivity index (χ1) is 5.74. The largest absolute Gasteiger partial charge is 0.0649 e. The molecule has 0 aromatic rings. The van der Waals surface area contributed by atoms with E-state index in [0.29, 0.717) is 5.41 Å². The lowest BCUT2D eigenvalue weighted by Crippen LogP contribution is -2.17. The Morgan fingerprint density at radius 3 is 1.75 bits per heavy atom. The maximum atomic E-state index is 3.88. The van der Waals surface area contributed by atoms with Gasteiger partial charge in [-0.1, -0.05) is 66.2 Å². The SMILES string of the molecule is [CH2]CCCCC(CC)(CC)CC. The van der Waals surface area contributed by atoms with Gasteiger partial charge in [0.15, 0.2) is 0 Å². The Balaban J connectivity index is 3.76. The van der Waals surface area contributed by atoms with Gasteiger partial charge in [0.05, 0.1) is 0 Å². The van der Waals surface area contributed by atoms with Gasteiger partial charge in [0.25, 0.3) is 0 Å². The Hall–Kier alpha value is 0. The van der Waals surface area contributed by atoms with Crippen LogP contribution in [0.4, 0.5) is 0 Å². The van der Waals surface area contributed by atoms with Gasteiger partial charge in [-0.05, 0) is 11.8 Å². The van der Waals surface area contributed by atoms with Crippen LogP contribution in [0.3, 0.4) is 0 Å². The Labute approximate surface area is 78.8 Å². The minimum Gasteiger partial charge on any atom is -0.0649 e. The summed E-state index contributed by atoms with van der Waals surface area (Å²) in [6, 6.07) is 0. The third-order valence-electron chi connectivity index (χ3n) is 3.46. The van der Waals surface area contributed by atoms with Crippen LogP contribution in [-0.4, -0.2) is 0 Å². The number of hydrogen-bond donors (Lipinski definition) is 0. The maximum absolute atomic E-state index is 3.88. The molecule has 0 aromatic heterocycles. The summed E-state index contributed by atoms with van der Waals surface area (Å²) in [5, 5.41) is 0. The molecule has 0 aliphatic heterocycles. The molecule has 0 N–H and O–H groups in total. The molecule has 0 saturated carbocycles. The summed E-state index contributed by atoms with van der Waals surface area (Å²) < 4.78 is 0. The average molecular weight is 169 g/mol. The van der Waals surface area contributed by atoms with E-state index in [4.69, 9.17) is 0 Å². The molecule has 0 aliphatic rings. The lowest BCUT2D eigenvalue weighted by molar-refractivity contribution is 0.221. The summed E-state index contributed by atoms with van der Waals surface area (Å²) in [6.07, 6.45) is 9.23. The Morgan fingerprint density at radius 1 is 0.917 bits per heavy atom. The molecular weight excluding hydrogens is 144 g/mol. The normalized spacial score (nSPS) is 12.0. The van der Waals surface area contributed by atoms with Crippen molar-refractivity contribution in [2.45, 2.75) is 65.7 Å². The van der Waals surface area contributed by atoms with Crippen molar-refractivity contribution >= 4 is 0 Å². The van der Waals surface area contributed by atoms with Crippen LogP contribution >= 0.6 is 0 Å². The van der Waals surface area contributed by atoms with E-state index in [-0.39, 0.29) is 0 Å². The standard InChI is InChI=1S/C12H25/c1-5-9-10-11-12(6-2,7-3)8-4/h1,5-11H2,2-4H3. The van der Waals surface area contributed by atoms with Gasteiger partial charge in [0, 0.05) is 0 Å². The van der Waals surface area contributed by atoms with Crippen LogP contribution in [0.15, 0.2) is 0 Å². The second-order valence-electron chi connectivity index (χ2n) is 3.87. The molecule has 0 saturated heterocycles. The lowest BCUT2D eigenvalue weighted by atomic mass is 9.76. The first-order valence-corrected chi connectivity index (χ1v) is 5.54. The predicted octanol–water partition coefficient (Wildman–Crippen LogP) is 4.60. The van der Waals surface area contributed by atoms with Crippen molar-refractivity contribution in [3.8, 4) is 0 Å². The molecule has 0 fully saturated rings. The fourth-order valence-electron chi connectivity index (χ4n) is 1.96. The molecule has 0 heterocycles. The molecule has 0 heteroatoms. The van der Waals surface area contributed by atoms with Crippen LogP contribution in [0.1, 0.15) is 65.7 Å². The monoisotopic (exact) mass is 169 g/mol. The maximum Gasteiger partial charge on any atom is -0.0305 e. The molecule has 0 rings (SSSR count). The Morgan fingerprint density at radius 2 is 1.42 bits per heavy atom. The molecule has 0 amide bonds. The van der Waals surface area contributed by atoms with Crippen LogP contribution in [0.25, 0.3) is 0 Å². The summed E-state index contributed by atoms with van der Waals surface area (Å²) in [6.45, 7) is 10.9. The van der Waals surface area contributed by atoms with Crippen molar-refractivity contribution in [3.63, 3.8) is 0 Å². The third kappa shape index (κ3) is 3.60. The highest BCUT2D eigenvalue weighted by atomic mass is 14.3. The van der Waals surface area contributed by atoms with Crippen molar-refractivity contribution in [2.75, 3.05) is 0 Å². The molecule has 0 unspecified atom stereocenters. The molecule has 73 valence electrons. The van der Waals surface area contributed by atoms with Gasteiger partial charge in [-0.15, -0.1) is 0 Å². The van der Waals surface area contributed by atoms with E-state index in [0.717, 1.165) is 6.42 Å². The van der Waals surface area contributed by atoms with Crippen molar-refractivity contribution in [1.29, 1.82) is 0 Å². The minimum atomic E-state index is 0.648. The van der Waals surface area contributed by atoms with Gasteiger partial charge in [-0.25, -0.2) is 0 Å².